The van der Waals surface area contributed by atoms with E-state index in [0.29, 0.717) is 17.8 Å². The van der Waals surface area contributed by atoms with Crippen LogP contribution in [0.25, 0.3) is 27.8 Å². The van der Waals surface area contributed by atoms with Crippen LogP contribution in [0.5, 0.6) is 0 Å². The number of carboxylic acid groups (broad SMARTS) is 1. The molecule has 0 amide bonds. The summed E-state index contributed by atoms with van der Waals surface area (Å²) in [5, 5.41) is 8.97. The zero-order valence-electron chi connectivity index (χ0n) is 12.6. The molecule has 2 aromatic carbocycles. The van der Waals surface area contributed by atoms with E-state index in [0.717, 1.165) is 22.2 Å². The molecule has 0 saturated carbocycles. The first-order valence-corrected chi connectivity index (χ1v) is 7.52. The van der Waals surface area contributed by atoms with Crippen molar-refractivity contribution in [3.05, 3.63) is 58.8 Å². The van der Waals surface area contributed by atoms with Gasteiger partial charge in [0.25, 0.3) is 0 Å². The molecule has 0 bridgehead atoms. The van der Waals surface area contributed by atoms with Crippen molar-refractivity contribution in [2.45, 2.75) is 12.8 Å². The second-order valence-corrected chi connectivity index (χ2v) is 5.55. The minimum absolute atomic E-state index is 0.00650. The van der Waals surface area contributed by atoms with Gasteiger partial charge in [0, 0.05) is 12.1 Å². The Bertz CT molecular complexity index is 1120. The average Bonchev–Trinajstić information content (AvgIpc) is 3.11. The summed E-state index contributed by atoms with van der Waals surface area (Å²) >= 11 is 0. The van der Waals surface area contributed by atoms with Crippen LogP contribution in [0.15, 0.2) is 47.3 Å². The number of rotatable bonds is 4. The Morgan fingerprint density at radius 1 is 1.12 bits per heavy atom. The lowest BCUT2D eigenvalue weighted by Gasteiger charge is -2.09. The molecule has 0 fully saturated rings. The molecule has 7 nitrogen and oxygen atoms in total. The van der Waals surface area contributed by atoms with Crippen molar-refractivity contribution in [3.63, 3.8) is 0 Å². The van der Waals surface area contributed by atoms with Crippen LogP contribution in [0.3, 0.4) is 0 Å². The molecule has 120 valence electrons. The summed E-state index contributed by atoms with van der Waals surface area (Å²) in [6.45, 7) is 0. The summed E-state index contributed by atoms with van der Waals surface area (Å²) in [6, 6.07) is 13.2. The second kappa shape index (κ2) is 5.38. The van der Waals surface area contributed by atoms with Crippen molar-refractivity contribution < 1.29 is 9.90 Å². The van der Waals surface area contributed by atoms with Gasteiger partial charge in [-0.05, 0) is 30.3 Å². The number of aryl methyl sites for hydroxylation is 1. The molecule has 0 aliphatic carbocycles. The molecule has 4 rings (SSSR count). The molecule has 3 N–H and O–H groups in total. The van der Waals surface area contributed by atoms with Crippen LogP contribution in [-0.4, -0.2) is 30.6 Å². The van der Waals surface area contributed by atoms with E-state index < -0.39 is 5.97 Å². The first-order chi connectivity index (χ1) is 11.6. The highest BCUT2D eigenvalue weighted by Crippen LogP contribution is 2.24. The quantitative estimate of drug-likeness (QED) is 0.536. The minimum Gasteiger partial charge on any atom is -0.481 e. The van der Waals surface area contributed by atoms with Crippen LogP contribution in [-0.2, 0) is 11.2 Å². The fourth-order valence-electron chi connectivity index (χ4n) is 2.91. The van der Waals surface area contributed by atoms with Gasteiger partial charge in [0.05, 0.1) is 28.5 Å². The second-order valence-electron chi connectivity index (χ2n) is 5.55. The van der Waals surface area contributed by atoms with Gasteiger partial charge in [-0.2, -0.15) is 0 Å². The zero-order valence-corrected chi connectivity index (χ0v) is 12.6. The van der Waals surface area contributed by atoms with Gasteiger partial charge in [0.2, 0.25) is 0 Å². The van der Waals surface area contributed by atoms with E-state index in [2.05, 4.69) is 15.0 Å². The monoisotopic (exact) mass is 322 g/mol. The molecule has 4 aromatic rings. The van der Waals surface area contributed by atoms with Gasteiger partial charge in [-0.1, -0.05) is 12.1 Å². The number of carbonyl (C=O) groups is 1. The Morgan fingerprint density at radius 3 is 2.75 bits per heavy atom. The minimum atomic E-state index is -0.862. The number of H-pyrrole nitrogens is 2. The number of imidazole rings is 2. The van der Waals surface area contributed by atoms with E-state index in [9.17, 15) is 9.59 Å². The number of para-hydroxylation sites is 2. The highest BCUT2D eigenvalue weighted by Gasteiger charge is 2.14. The third-order valence-corrected chi connectivity index (χ3v) is 3.95. The number of aromatic nitrogens is 4. The van der Waals surface area contributed by atoms with Gasteiger partial charge in [-0.15, -0.1) is 0 Å². The van der Waals surface area contributed by atoms with Crippen LogP contribution >= 0.6 is 0 Å². The Balaban J connectivity index is 1.93. The normalized spacial score (nSPS) is 11.3. The van der Waals surface area contributed by atoms with Crippen LogP contribution in [0.4, 0.5) is 0 Å². The fraction of sp³-hybridized carbons (Fsp3) is 0.118. The van der Waals surface area contributed by atoms with Gasteiger partial charge >= 0.3 is 11.7 Å². The molecule has 0 aliphatic rings. The number of carboxylic acids is 1. The van der Waals surface area contributed by atoms with E-state index in [-0.39, 0.29) is 12.1 Å². The molecular formula is C17H14N4O3. The number of nitrogens with one attached hydrogen (secondary N) is 2. The predicted molar refractivity (Wildman–Crippen MR) is 89.5 cm³/mol. The summed E-state index contributed by atoms with van der Waals surface area (Å²) in [4.78, 5) is 32.4. The third-order valence-electron chi connectivity index (χ3n) is 3.95. The van der Waals surface area contributed by atoms with Gasteiger partial charge < -0.3 is 15.1 Å². The lowest BCUT2D eigenvalue weighted by molar-refractivity contribution is -0.137. The first-order valence-electron chi connectivity index (χ1n) is 7.52. The maximum absolute atomic E-state index is 11.4. The Kier molecular flexibility index (Phi) is 3.19. The number of aliphatic carboxylic acids is 1. The molecule has 0 saturated heterocycles. The molecule has 0 aliphatic heterocycles. The molecule has 0 radical (unpaired) electrons. The highest BCUT2D eigenvalue weighted by atomic mass is 16.4. The number of hydrogen-bond donors (Lipinski definition) is 3. The zero-order chi connectivity index (χ0) is 16.7. The standard InChI is InChI=1S/C17H14N4O3/c22-16(23)8-7-15-18-12-3-1-2-4-14(12)21(15)10-5-6-11-13(9-10)20-17(24)19-11/h1-6,9H,7-8H2,(H,22,23)(H2,19,20,24). The van der Waals surface area contributed by atoms with Crippen molar-refractivity contribution >= 4 is 28.0 Å². The Morgan fingerprint density at radius 2 is 1.92 bits per heavy atom. The van der Waals surface area contributed by atoms with E-state index in [1.165, 1.54) is 0 Å². The van der Waals surface area contributed by atoms with E-state index in [1.807, 2.05) is 47.0 Å². The van der Waals surface area contributed by atoms with Crippen LogP contribution < -0.4 is 5.69 Å². The molecule has 0 atom stereocenters. The van der Waals surface area contributed by atoms with Crippen molar-refractivity contribution in [1.82, 2.24) is 19.5 Å². The van der Waals surface area contributed by atoms with Crippen LogP contribution in [0.1, 0.15) is 12.2 Å². The van der Waals surface area contributed by atoms with Crippen molar-refractivity contribution in [2.24, 2.45) is 0 Å². The van der Waals surface area contributed by atoms with Crippen LogP contribution in [0, 0.1) is 0 Å². The molecule has 0 unspecified atom stereocenters. The van der Waals surface area contributed by atoms with E-state index in [4.69, 9.17) is 5.11 Å². The fourth-order valence-corrected chi connectivity index (χ4v) is 2.91. The summed E-state index contributed by atoms with van der Waals surface area (Å²) in [7, 11) is 0. The number of benzene rings is 2. The summed E-state index contributed by atoms with van der Waals surface area (Å²) in [5.74, 6) is -0.185. The molecule has 2 heterocycles. The van der Waals surface area contributed by atoms with Gasteiger partial charge in [0.1, 0.15) is 5.82 Å². The number of aromatic amines is 2. The SMILES string of the molecule is O=C(O)CCc1nc2ccccc2n1-c1ccc2[nH]c(=O)[nH]c2c1. The number of fused-ring (bicyclic) bond motifs is 2. The van der Waals surface area contributed by atoms with Gasteiger partial charge in [-0.3, -0.25) is 9.36 Å². The maximum atomic E-state index is 11.4. The van der Waals surface area contributed by atoms with Crippen molar-refractivity contribution in [3.8, 4) is 5.69 Å². The maximum Gasteiger partial charge on any atom is 0.323 e. The summed E-state index contributed by atoms with van der Waals surface area (Å²) in [6.07, 6.45) is 0.332. The molecule has 2 aromatic heterocycles. The van der Waals surface area contributed by atoms with Crippen molar-refractivity contribution in [2.75, 3.05) is 0 Å². The molecule has 7 heteroatoms. The topological polar surface area (TPSA) is 104 Å². The van der Waals surface area contributed by atoms with E-state index >= 15 is 0 Å². The lowest BCUT2D eigenvalue weighted by atomic mass is 10.2. The van der Waals surface area contributed by atoms with E-state index in [1.54, 1.807) is 0 Å². The molecular weight excluding hydrogens is 308 g/mol. The highest BCUT2D eigenvalue weighted by molar-refractivity contribution is 5.81. The number of nitrogens with zero attached hydrogens (tertiary/aromatic N) is 2. The summed E-state index contributed by atoms with van der Waals surface area (Å²) < 4.78 is 1.93. The van der Waals surface area contributed by atoms with Crippen LogP contribution in [0.2, 0.25) is 0 Å². The Hall–Kier alpha value is -3.35. The number of hydrogen-bond acceptors (Lipinski definition) is 3. The lowest BCUT2D eigenvalue weighted by Crippen LogP contribution is -2.05. The van der Waals surface area contributed by atoms with Crippen molar-refractivity contribution in [1.29, 1.82) is 0 Å². The first kappa shape index (κ1) is 14.3. The third kappa shape index (κ3) is 2.36. The largest absolute Gasteiger partial charge is 0.481 e. The molecule has 24 heavy (non-hydrogen) atoms. The van der Waals surface area contributed by atoms with Gasteiger partial charge in [-0.25, -0.2) is 9.78 Å². The summed E-state index contributed by atoms with van der Waals surface area (Å²) in [5.41, 5.74) is 3.69. The smallest absolute Gasteiger partial charge is 0.323 e. The predicted octanol–water partition coefficient (Wildman–Crippen LogP) is 2.21. The molecule has 0 spiro atoms. The Labute approximate surface area is 135 Å². The van der Waals surface area contributed by atoms with Gasteiger partial charge in [0.15, 0.2) is 0 Å². The average molecular weight is 322 g/mol.